The first-order valence-electron chi connectivity index (χ1n) is 7.22. The van der Waals surface area contributed by atoms with Crippen molar-refractivity contribution in [3.05, 3.63) is 65.0 Å². The summed E-state index contributed by atoms with van der Waals surface area (Å²) in [5.41, 5.74) is 2.20. The van der Waals surface area contributed by atoms with E-state index in [4.69, 9.17) is 0 Å². The average Bonchev–Trinajstić information content (AvgIpc) is 2.47. The summed E-state index contributed by atoms with van der Waals surface area (Å²) in [5, 5.41) is 2.69. The molecule has 2 aromatic carbocycles. The molecule has 0 aliphatic heterocycles. The van der Waals surface area contributed by atoms with Crippen LogP contribution in [0, 0.1) is 5.82 Å². The number of rotatable bonds is 4. The molecule has 0 radical (unpaired) electrons. The number of sulfone groups is 1. The maximum absolute atomic E-state index is 13.8. The highest BCUT2D eigenvalue weighted by molar-refractivity contribution is 7.90. The molecule has 23 heavy (non-hydrogen) atoms. The Morgan fingerprint density at radius 1 is 1.26 bits per heavy atom. The molecule has 1 aliphatic carbocycles. The molecule has 0 spiro atoms. The predicted octanol–water partition coefficient (Wildman–Crippen LogP) is 2.30. The molecule has 1 N–H and O–H groups in total. The van der Waals surface area contributed by atoms with Crippen LogP contribution in [0.15, 0.2) is 47.4 Å². The molecule has 1 aliphatic rings. The summed E-state index contributed by atoms with van der Waals surface area (Å²) >= 11 is 0. The van der Waals surface area contributed by atoms with E-state index in [2.05, 4.69) is 5.32 Å². The summed E-state index contributed by atoms with van der Waals surface area (Å²) in [6, 6.07) is 11.2. The number of benzene rings is 2. The molecule has 1 atom stereocenters. The highest BCUT2D eigenvalue weighted by Crippen LogP contribution is 2.34. The monoisotopic (exact) mass is 333 g/mol. The third-order valence-electron chi connectivity index (χ3n) is 4.08. The van der Waals surface area contributed by atoms with Crippen molar-refractivity contribution in [3.63, 3.8) is 0 Å². The van der Waals surface area contributed by atoms with E-state index in [1.807, 2.05) is 24.3 Å². The lowest BCUT2D eigenvalue weighted by atomic mass is 9.77. The number of halogens is 1. The molecule has 0 saturated heterocycles. The van der Waals surface area contributed by atoms with E-state index >= 15 is 0 Å². The lowest BCUT2D eigenvalue weighted by Crippen LogP contribution is -2.33. The van der Waals surface area contributed by atoms with Crippen LogP contribution in [-0.4, -0.2) is 27.1 Å². The molecule has 3 rings (SSSR count). The average molecular weight is 333 g/mol. The third kappa shape index (κ3) is 3.12. The van der Waals surface area contributed by atoms with E-state index in [0.717, 1.165) is 30.9 Å². The number of carbonyl (C=O) groups is 1. The maximum atomic E-state index is 13.8. The van der Waals surface area contributed by atoms with Gasteiger partial charge in [-0.05, 0) is 35.7 Å². The van der Waals surface area contributed by atoms with E-state index in [0.29, 0.717) is 6.54 Å². The minimum atomic E-state index is -3.49. The SMILES string of the molecule is CS(=O)(=O)c1ccc(F)c(C(=O)NC[C@@H]2Cc3ccccc32)c1. The van der Waals surface area contributed by atoms with E-state index in [1.54, 1.807) is 0 Å². The summed E-state index contributed by atoms with van der Waals surface area (Å²) in [7, 11) is -3.49. The van der Waals surface area contributed by atoms with Gasteiger partial charge in [0, 0.05) is 18.7 Å². The van der Waals surface area contributed by atoms with Crippen molar-refractivity contribution in [3.8, 4) is 0 Å². The predicted molar refractivity (Wildman–Crippen MR) is 84.7 cm³/mol. The zero-order valence-electron chi connectivity index (χ0n) is 12.5. The summed E-state index contributed by atoms with van der Waals surface area (Å²) in [6.07, 6.45) is 1.90. The molecule has 0 bridgehead atoms. The largest absolute Gasteiger partial charge is 0.351 e. The van der Waals surface area contributed by atoms with Crippen LogP contribution in [0.25, 0.3) is 0 Å². The Labute approximate surface area is 134 Å². The fourth-order valence-electron chi connectivity index (χ4n) is 2.76. The van der Waals surface area contributed by atoms with Crippen LogP contribution in [0.3, 0.4) is 0 Å². The highest BCUT2D eigenvalue weighted by atomic mass is 32.2. The smallest absolute Gasteiger partial charge is 0.254 e. The number of hydrogen-bond donors (Lipinski definition) is 1. The number of nitrogens with one attached hydrogen (secondary N) is 1. The van der Waals surface area contributed by atoms with E-state index in [-0.39, 0.29) is 16.4 Å². The van der Waals surface area contributed by atoms with Crippen LogP contribution in [0.4, 0.5) is 4.39 Å². The Morgan fingerprint density at radius 2 is 2.00 bits per heavy atom. The van der Waals surface area contributed by atoms with Crippen molar-refractivity contribution in [2.75, 3.05) is 12.8 Å². The van der Waals surface area contributed by atoms with Crippen molar-refractivity contribution >= 4 is 15.7 Å². The molecule has 0 heterocycles. The van der Waals surface area contributed by atoms with E-state index in [9.17, 15) is 17.6 Å². The first-order chi connectivity index (χ1) is 10.9. The summed E-state index contributed by atoms with van der Waals surface area (Å²) < 4.78 is 36.9. The van der Waals surface area contributed by atoms with Gasteiger partial charge in [0.1, 0.15) is 5.82 Å². The van der Waals surface area contributed by atoms with Crippen LogP contribution in [0.1, 0.15) is 27.4 Å². The molecular weight excluding hydrogens is 317 g/mol. The quantitative estimate of drug-likeness (QED) is 0.873. The Bertz CT molecular complexity index is 877. The number of amides is 1. The van der Waals surface area contributed by atoms with E-state index in [1.165, 1.54) is 11.1 Å². The minimum absolute atomic E-state index is 0.0713. The lowest BCUT2D eigenvalue weighted by Gasteiger charge is -2.30. The fraction of sp³-hybridized carbons (Fsp3) is 0.235. The molecule has 4 nitrogen and oxygen atoms in total. The Balaban J connectivity index is 1.72. The second kappa shape index (κ2) is 5.77. The number of hydrogen-bond acceptors (Lipinski definition) is 3. The minimum Gasteiger partial charge on any atom is -0.351 e. The van der Waals surface area contributed by atoms with E-state index < -0.39 is 21.6 Å². The maximum Gasteiger partial charge on any atom is 0.254 e. The van der Waals surface area contributed by atoms with Crippen LogP contribution in [-0.2, 0) is 16.3 Å². The first-order valence-corrected chi connectivity index (χ1v) is 9.11. The standard InChI is InChI=1S/C17H16FNO3S/c1-23(21,22)13-6-7-16(18)15(9-13)17(20)19-10-12-8-11-4-2-3-5-14(11)12/h2-7,9,12H,8,10H2,1H3,(H,19,20)/t12-/m0/s1. The van der Waals surface area contributed by atoms with Gasteiger partial charge in [-0.25, -0.2) is 12.8 Å². The first kappa shape index (κ1) is 15.7. The summed E-state index contributed by atoms with van der Waals surface area (Å²) in [4.78, 5) is 12.1. The normalized spacial score (nSPS) is 16.3. The Morgan fingerprint density at radius 3 is 2.70 bits per heavy atom. The van der Waals surface area contributed by atoms with Crippen LogP contribution >= 0.6 is 0 Å². The molecule has 0 unspecified atom stereocenters. The van der Waals surface area contributed by atoms with Crippen molar-refractivity contribution in [2.45, 2.75) is 17.2 Å². The Kier molecular flexibility index (Phi) is 3.93. The third-order valence-corrected chi connectivity index (χ3v) is 5.19. The second-order valence-electron chi connectivity index (χ2n) is 5.72. The van der Waals surface area contributed by atoms with Crippen molar-refractivity contribution in [1.82, 2.24) is 5.32 Å². The van der Waals surface area contributed by atoms with Gasteiger partial charge in [0.25, 0.3) is 5.91 Å². The van der Waals surface area contributed by atoms with Gasteiger partial charge in [-0.1, -0.05) is 24.3 Å². The zero-order chi connectivity index (χ0) is 16.6. The van der Waals surface area contributed by atoms with Gasteiger partial charge in [0.05, 0.1) is 10.5 Å². The van der Waals surface area contributed by atoms with Gasteiger partial charge in [-0.15, -0.1) is 0 Å². The molecule has 6 heteroatoms. The summed E-state index contributed by atoms with van der Waals surface area (Å²) in [6.45, 7) is 0.401. The molecule has 0 fully saturated rings. The lowest BCUT2D eigenvalue weighted by molar-refractivity contribution is 0.0946. The van der Waals surface area contributed by atoms with Crippen LogP contribution < -0.4 is 5.32 Å². The molecular formula is C17H16FNO3S. The molecule has 120 valence electrons. The second-order valence-corrected chi connectivity index (χ2v) is 7.74. The van der Waals surface area contributed by atoms with Gasteiger partial charge in [-0.2, -0.15) is 0 Å². The number of carbonyl (C=O) groups excluding carboxylic acids is 1. The topological polar surface area (TPSA) is 63.2 Å². The van der Waals surface area contributed by atoms with Crippen molar-refractivity contribution in [1.29, 1.82) is 0 Å². The molecule has 0 aromatic heterocycles. The van der Waals surface area contributed by atoms with Crippen molar-refractivity contribution < 1.29 is 17.6 Å². The van der Waals surface area contributed by atoms with Gasteiger partial charge in [-0.3, -0.25) is 4.79 Å². The molecule has 2 aromatic rings. The van der Waals surface area contributed by atoms with Crippen LogP contribution in [0.2, 0.25) is 0 Å². The molecule has 0 saturated carbocycles. The number of fused-ring (bicyclic) bond motifs is 1. The highest BCUT2D eigenvalue weighted by Gasteiger charge is 2.26. The zero-order valence-corrected chi connectivity index (χ0v) is 13.4. The van der Waals surface area contributed by atoms with Crippen LogP contribution in [0.5, 0.6) is 0 Å². The fourth-order valence-corrected chi connectivity index (χ4v) is 3.41. The van der Waals surface area contributed by atoms with Crippen molar-refractivity contribution in [2.24, 2.45) is 0 Å². The van der Waals surface area contributed by atoms with Gasteiger partial charge in [0.2, 0.25) is 0 Å². The summed E-state index contributed by atoms with van der Waals surface area (Å²) in [5.74, 6) is -1.11. The van der Waals surface area contributed by atoms with Gasteiger partial charge >= 0.3 is 0 Å². The Hall–Kier alpha value is -2.21. The van der Waals surface area contributed by atoms with Gasteiger partial charge in [0.15, 0.2) is 9.84 Å². The molecule has 1 amide bonds. The van der Waals surface area contributed by atoms with Gasteiger partial charge < -0.3 is 5.32 Å².